The summed E-state index contributed by atoms with van der Waals surface area (Å²) in [6, 6.07) is 7.65. The van der Waals surface area contributed by atoms with Gasteiger partial charge in [-0.1, -0.05) is 35.5 Å². The summed E-state index contributed by atoms with van der Waals surface area (Å²) in [7, 11) is -9.74. The van der Waals surface area contributed by atoms with Crippen molar-refractivity contribution in [1.29, 1.82) is 0 Å². The van der Waals surface area contributed by atoms with Crippen LogP contribution in [0, 0.1) is 12.0 Å². The van der Waals surface area contributed by atoms with Crippen molar-refractivity contribution in [1.82, 2.24) is 15.3 Å². The van der Waals surface area contributed by atoms with E-state index < -0.39 is 52.8 Å². The molecule has 1 aromatic heterocycles. The summed E-state index contributed by atoms with van der Waals surface area (Å²) in [5.41, 5.74) is 5.42. The number of fused-ring (bicyclic) bond motifs is 1. The maximum atomic E-state index is 13.5. The fraction of sp³-hybridized carbons (Fsp3) is 0.0909. The maximum absolute atomic E-state index is 13.5. The Morgan fingerprint density at radius 3 is 2.33 bits per heavy atom. The van der Waals surface area contributed by atoms with E-state index in [4.69, 9.17) is 17.3 Å². The minimum Gasteiger partial charge on any atom is -0.872 e. The Labute approximate surface area is 286 Å². The molecule has 0 aliphatic rings. The third kappa shape index (κ3) is 8.40. The molecule has 0 saturated heterocycles. The van der Waals surface area contributed by atoms with Gasteiger partial charge in [-0.25, -0.2) is 13.4 Å². The number of azo groups is 1. The average Bonchev–Trinajstić information content (AvgIpc) is 2.85. The van der Waals surface area contributed by atoms with E-state index in [9.17, 15) is 39.8 Å². The first-order valence-corrected chi connectivity index (χ1v) is 14.0. The molecule has 0 spiro atoms. The monoisotopic (exact) mass is 658 g/mol. The number of halogens is 3. The number of aromatic nitrogens is 2. The molecule has 20 heteroatoms. The Hall–Kier alpha value is -1.87. The molecule has 0 aliphatic heterocycles. The van der Waals surface area contributed by atoms with Crippen molar-refractivity contribution >= 4 is 59.7 Å². The summed E-state index contributed by atoms with van der Waals surface area (Å²) in [5.74, 6) is -2.15. The zero-order valence-corrected chi connectivity index (χ0v) is 28.1. The van der Waals surface area contributed by atoms with Crippen molar-refractivity contribution in [3.63, 3.8) is 0 Å². The number of anilines is 1. The van der Waals surface area contributed by atoms with Gasteiger partial charge in [-0.15, -0.1) is 10.2 Å². The van der Waals surface area contributed by atoms with Crippen LogP contribution in [0.15, 0.2) is 62.5 Å². The van der Waals surface area contributed by atoms with Crippen LogP contribution in [0.4, 0.5) is 25.8 Å². The van der Waals surface area contributed by atoms with Gasteiger partial charge in [0.1, 0.15) is 31.4 Å². The van der Waals surface area contributed by atoms with Crippen molar-refractivity contribution < 1.29 is 98.9 Å². The Morgan fingerprint density at radius 2 is 1.69 bits per heavy atom. The van der Waals surface area contributed by atoms with E-state index in [-0.39, 0.29) is 106 Å². The summed E-state index contributed by atoms with van der Waals surface area (Å²) in [4.78, 5) is 4.85. The molecule has 0 aliphatic carbocycles. The summed E-state index contributed by atoms with van der Waals surface area (Å²) in [5, 5.41) is 22.5. The number of rotatable bonds is 8. The van der Waals surface area contributed by atoms with Crippen LogP contribution in [0.3, 0.4) is 0 Å². The molecular formula is C22H15ClF2N6Na2O7S2. The van der Waals surface area contributed by atoms with E-state index in [1.54, 1.807) is 0 Å². The SMILES string of the molecule is Nc1ccc2cc(S(=O)(=O)[O-])cc([O-])c2c1N=Nc1cc(CNCc2nc(F)nc(F)c2Cl)ccc1S(=O)(=O)O.[Na+].[Na+]. The van der Waals surface area contributed by atoms with Gasteiger partial charge in [0.2, 0.25) is 5.95 Å². The standard InChI is InChI=1S/C22H17ClF2N6O7S2.2Na/c23-19-15(28-22(25)29-21(19)24)9-27-8-10-1-4-17(40(36,37)38)14(5-10)30-31-20-13(26)3-2-11-6-12(39(33,34)35)7-16(32)18(11)20;;/h1-7,27,32H,8-9,26H2,(H,33,34,35)(H,36,37,38);;/q;2*+1/p-2. The van der Waals surface area contributed by atoms with Crippen LogP contribution in [-0.4, -0.2) is 35.9 Å². The first-order valence-electron chi connectivity index (χ1n) is 10.7. The molecular weight excluding hydrogens is 644 g/mol. The molecule has 210 valence electrons. The van der Waals surface area contributed by atoms with Gasteiger partial charge in [-0.05, 0) is 35.2 Å². The van der Waals surface area contributed by atoms with Gasteiger partial charge < -0.3 is 20.7 Å². The summed E-state index contributed by atoms with van der Waals surface area (Å²) >= 11 is 5.73. The third-order valence-electron chi connectivity index (χ3n) is 5.38. The van der Waals surface area contributed by atoms with E-state index >= 15 is 0 Å². The van der Waals surface area contributed by atoms with Crippen LogP contribution in [0.1, 0.15) is 11.3 Å². The number of hydrogen-bond acceptors (Lipinski definition) is 12. The summed E-state index contributed by atoms with van der Waals surface area (Å²) < 4.78 is 94.4. The number of nitrogens with one attached hydrogen (secondary N) is 1. The average molecular weight is 659 g/mol. The molecule has 0 fully saturated rings. The molecule has 4 aromatic rings. The van der Waals surface area contributed by atoms with Crippen LogP contribution >= 0.6 is 11.6 Å². The van der Waals surface area contributed by atoms with E-state index in [0.29, 0.717) is 11.6 Å². The molecule has 0 amide bonds. The van der Waals surface area contributed by atoms with Crippen LogP contribution in [0.5, 0.6) is 5.75 Å². The number of hydrogen-bond donors (Lipinski definition) is 3. The molecule has 0 unspecified atom stereocenters. The normalized spacial score (nSPS) is 11.8. The Balaban J connectivity index is 0.00000308. The molecule has 3 aromatic carbocycles. The van der Waals surface area contributed by atoms with Crippen LogP contribution in [0.25, 0.3) is 10.8 Å². The van der Waals surface area contributed by atoms with E-state index in [1.165, 1.54) is 24.3 Å². The van der Waals surface area contributed by atoms with Crippen molar-refractivity contribution in [2.24, 2.45) is 10.2 Å². The van der Waals surface area contributed by atoms with E-state index in [2.05, 4.69) is 25.5 Å². The Kier molecular flexibility index (Phi) is 12.3. The topological polar surface area (TPSA) is 223 Å². The molecule has 0 saturated carbocycles. The summed E-state index contributed by atoms with van der Waals surface area (Å²) in [6.07, 6.45) is -1.32. The first-order chi connectivity index (χ1) is 18.6. The Morgan fingerprint density at radius 1 is 1.00 bits per heavy atom. The molecule has 1 heterocycles. The van der Waals surface area contributed by atoms with Gasteiger partial charge >= 0.3 is 65.2 Å². The Bertz CT molecular complexity index is 1920. The quantitative estimate of drug-likeness (QED) is 0.0434. The molecule has 0 bridgehead atoms. The maximum Gasteiger partial charge on any atom is 1.00 e. The number of nitrogen functional groups attached to an aromatic ring is 1. The van der Waals surface area contributed by atoms with E-state index in [1.807, 2.05) is 0 Å². The zero-order chi connectivity index (χ0) is 29.4. The minimum atomic E-state index is -4.94. The van der Waals surface area contributed by atoms with Crippen LogP contribution < -0.4 is 75.3 Å². The van der Waals surface area contributed by atoms with Gasteiger partial charge in [-0.2, -0.15) is 22.2 Å². The van der Waals surface area contributed by atoms with Gasteiger partial charge in [0.05, 0.1) is 16.3 Å². The molecule has 13 nitrogen and oxygen atoms in total. The van der Waals surface area contributed by atoms with Crippen molar-refractivity contribution in [3.05, 3.63) is 70.8 Å². The zero-order valence-electron chi connectivity index (χ0n) is 21.7. The molecule has 4 N–H and O–H groups in total. The van der Waals surface area contributed by atoms with Crippen molar-refractivity contribution in [2.75, 3.05) is 5.73 Å². The second kappa shape index (κ2) is 14.3. The van der Waals surface area contributed by atoms with Crippen molar-refractivity contribution in [3.8, 4) is 5.75 Å². The fourth-order valence-electron chi connectivity index (χ4n) is 3.60. The smallest absolute Gasteiger partial charge is 0.872 e. The second-order valence-electron chi connectivity index (χ2n) is 8.10. The second-order valence-corrected chi connectivity index (χ2v) is 11.2. The van der Waals surface area contributed by atoms with Crippen molar-refractivity contribution in [2.45, 2.75) is 22.9 Å². The first kappa shape index (κ1) is 36.3. The van der Waals surface area contributed by atoms with Crippen LogP contribution in [0.2, 0.25) is 5.02 Å². The van der Waals surface area contributed by atoms with Gasteiger partial charge in [0, 0.05) is 18.5 Å². The predicted octanol–water partition coefficient (Wildman–Crippen LogP) is -2.92. The number of benzene rings is 3. The third-order valence-corrected chi connectivity index (χ3v) is 7.47. The fourth-order valence-corrected chi connectivity index (χ4v) is 4.88. The van der Waals surface area contributed by atoms with Gasteiger partial charge in [0.15, 0.2) is 0 Å². The minimum absolute atomic E-state index is 0. The molecule has 42 heavy (non-hydrogen) atoms. The number of nitrogens with two attached hydrogens (primary N) is 1. The van der Waals surface area contributed by atoms with Crippen LogP contribution in [-0.2, 0) is 33.3 Å². The number of nitrogens with zero attached hydrogens (tertiary/aromatic N) is 4. The van der Waals surface area contributed by atoms with E-state index in [0.717, 1.165) is 12.1 Å². The largest absolute Gasteiger partial charge is 1.00 e. The summed E-state index contributed by atoms with van der Waals surface area (Å²) in [6.45, 7) is -0.225. The molecule has 4 rings (SSSR count). The van der Waals surface area contributed by atoms with Gasteiger partial charge in [0.25, 0.3) is 10.1 Å². The molecule has 0 atom stereocenters. The van der Waals surface area contributed by atoms with Gasteiger partial charge in [-0.3, -0.25) is 4.55 Å². The predicted molar refractivity (Wildman–Crippen MR) is 134 cm³/mol. The molecule has 0 radical (unpaired) electrons.